The van der Waals surface area contributed by atoms with Crippen molar-refractivity contribution in [3.05, 3.63) is 28.5 Å². The summed E-state index contributed by atoms with van der Waals surface area (Å²) in [7, 11) is 0. The van der Waals surface area contributed by atoms with Crippen LogP contribution < -0.4 is 15.4 Å². The molecular formula is C13H16BrFN2O3. The number of ether oxygens (including phenoxy) is 1. The normalized spacial score (nSPS) is 11.6. The first kappa shape index (κ1) is 16.4. The lowest BCUT2D eigenvalue weighted by atomic mass is 10.3. The molecule has 1 aromatic carbocycles. The Morgan fingerprint density at radius 2 is 2.15 bits per heavy atom. The van der Waals surface area contributed by atoms with Gasteiger partial charge in [0.15, 0.2) is 6.61 Å². The number of carbonyl (C=O) groups excluding carboxylic acids is 2. The molecule has 0 saturated carbocycles. The molecule has 0 heterocycles. The second kappa shape index (κ2) is 7.84. The van der Waals surface area contributed by atoms with E-state index in [0.29, 0.717) is 16.8 Å². The van der Waals surface area contributed by atoms with Crippen molar-refractivity contribution in [1.29, 1.82) is 0 Å². The van der Waals surface area contributed by atoms with Gasteiger partial charge >= 0.3 is 0 Å². The Hall–Kier alpha value is -1.63. The predicted molar refractivity (Wildman–Crippen MR) is 75.9 cm³/mol. The van der Waals surface area contributed by atoms with Crippen molar-refractivity contribution in [2.45, 2.75) is 19.9 Å². The molecule has 0 saturated heterocycles. The van der Waals surface area contributed by atoms with E-state index in [1.807, 2.05) is 0 Å². The van der Waals surface area contributed by atoms with Gasteiger partial charge in [-0.15, -0.1) is 0 Å². The lowest BCUT2D eigenvalue weighted by Gasteiger charge is -2.14. The van der Waals surface area contributed by atoms with Crippen LogP contribution in [-0.4, -0.2) is 31.0 Å². The summed E-state index contributed by atoms with van der Waals surface area (Å²) in [5, 5.41) is 5.10. The first-order valence-electron chi connectivity index (χ1n) is 6.09. The summed E-state index contributed by atoms with van der Waals surface area (Å²) in [5.74, 6) is -0.741. The van der Waals surface area contributed by atoms with E-state index in [4.69, 9.17) is 4.74 Å². The average molecular weight is 347 g/mol. The Morgan fingerprint density at radius 3 is 2.75 bits per heavy atom. The highest BCUT2D eigenvalue weighted by molar-refractivity contribution is 9.10. The smallest absolute Gasteiger partial charge is 0.258 e. The molecule has 1 aromatic rings. The minimum atomic E-state index is -0.636. The van der Waals surface area contributed by atoms with E-state index in [1.165, 1.54) is 18.2 Å². The van der Waals surface area contributed by atoms with Crippen LogP contribution in [0.25, 0.3) is 0 Å². The number of hydrogen-bond acceptors (Lipinski definition) is 3. The summed E-state index contributed by atoms with van der Waals surface area (Å²) in [6.07, 6.45) is 0. The molecule has 0 aliphatic rings. The lowest BCUT2D eigenvalue weighted by molar-refractivity contribution is -0.129. The van der Waals surface area contributed by atoms with Gasteiger partial charge in [-0.05, 0) is 48.0 Å². The van der Waals surface area contributed by atoms with Crippen molar-refractivity contribution in [2.24, 2.45) is 0 Å². The maximum Gasteiger partial charge on any atom is 0.258 e. The van der Waals surface area contributed by atoms with Crippen molar-refractivity contribution in [3.63, 3.8) is 0 Å². The van der Waals surface area contributed by atoms with Gasteiger partial charge in [-0.1, -0.05) is 0 Å². The van der Waals surface area contributed by atoms with Crippen LogP contribution in [0.15, 0.2) is 22.7 Å². The van der Waals surface area contributed by atoms with Crippen molar-refractivity contribution in [1.82, 2.24) is 10.6 Å². The van der Waals surface area contributed by atoms with Crippen molar-refractivity contribution < 1.29 is 18.7 Å². The van der Waals surface area contributed by atoms with Crippen LogP contribution in [0.4, 0.5) is 4.39 Å². The molecule has 1 unspecified atom stereocenters. The molecule has 1 atom stereocenters. The zero-order valence-electron chi connectivity index (χ0n) is 11.2. The molecule has 5 nitrogen and oxygen atoms in total. The average Bonchev–Trinajstić information content (AvgIpc) is 2.37. The predicted octanol–water partition coefficient (Wildman–Crippen LogP) is 1.61. The van der Waals surface area contributed by atoms with E-state index >= 15 is 0 Å². The third-order valence-corrected chi connectivity index (χ3v) is 2.99. The Labute approximate surface area is 125 Å². The van der Waals surface area contributed by atoms with Gasteiger partial charge in [0, 0.05) is 6.54 Å². The molecule has 20 heavy (non-hydrogen) atoms. The SMILES string of the molecule is CCNC(=O)C(C)NC(=O)COc1ccc(F)cc1Br. The van der Waals surface area contributed by atoms with Crippen LogP contribution >= 0.6 is 15.9 Å². The Bertz CT molecular complexity index is 497. The van der Waals surface area contributed by atoms with Gasteiger partial charge in [0.25, 0.3) is 5.91 Å². The lowest BCUT2D eigenvalue weighted by Crippen LogP contribution is -2.46. The summed E-state index contributed by atoms with van der Waals surface area (Å²) in [4.78, 5) is 23.0. The third kappa shape index (κ3) is 5.16. The van der Waals surface area contributed by atoms with E-state index in [-0.39, 0.29) is 12.5 Å². The molecule has 0 aromatic heterocycles. The number of rotatable bonds is 6. The van der Waals surface area contributed by atoms with Gasteiger partial charge in [0.05, 0.1) is 4.47 Å². The Balaban J connectivity index is 2.45. The molecule has 0 aliphatic heterocycles. The molecule has 7 heteroatoms. The molecule has 0 radical (unpaired) electrons. The second-order valence-corrected chi connectivity index (χ2v) is 4.90. The number of amides is 2. The topological polar surface area (TPSA) is 67.4 Å². The van der Waals surface area contributed by atoms with E-state index in [2.05, 4.69) is 26.6 Å². The number of likely N-dealkylation sites (N-methyl/N-ethyl adjacent to an activating group) is 1. The fourth-order valence-electron chi connectivity index (χ4n) is 1.41. The van der Waals surface area contributed by atoms with Gasteiger partial charge in [-0.25, -0.2) is 4.39 Å². The first-order valence-corrected chi connectivity index (χ1v) is 6.88. The van der Waals surface area contributed by atoms with E-state index in [0.717, 1.165) is 0 Å². The van der Waals surface area contributed by atoms with Crippen LogP contribution in [0.3, 0.4) is 0 Å². The maximum absolute atomic E-state index is 12.9. The highest BCUT2D eigenvalue weighted by atomic mass is 79.9. The van der Waals surface area contributed by atoms with Crippen LogP contribution in [0.5, 0.6) is 5.75 Å². The van der Waals surface area contributed by atoms with Crippen molar-refractivity contribution in [3.8, 4) is 5.75 Å². The molecule has 110 valence electrons. The molecule has 0 bridgehead atoms. The quantitative estimate of drug-likeness (QED) is 0.822. The molecule has 0 aliphatic carbocycles. The molecule has 0 fully saturated rings. The summed E-state index contributed by atoms with van der Waals surface area (Å²) in [6.45, 7) is 3.62. The monoisotopic (exact) mass is 346 g/mol. The molecular weight excluding hydrogens is 331 g/mol. The van der Waals surface area contributed by atoms with Crippen LogP contribution in [-0.2, 0) is 9.59 Å². The zero-order valence-corrected chi connectivity index (χ0v) is 12.8. The fraction of sp³-hybridized carbons (Fsp3) is 0.385. The van der Waals surface area contributed by atoms with Crippen molar-refractivity contribution in [2.75, 3.05) is 13.2 Å². The number of carbonyl (C=O) groups is 2. The van der Waals surface area contributed by atoms with Gasteiger partial charge in [0.1, 0.15) is 17.6 Å². The minimum Gasteiger partial charge on any atom is -0.483 e. The fourth-order valence-corrected chi connectivity index (χ4v) is 1.88. The minimum absolute atomic E-state index is 0.256. The standard InChI is InChI=1S/C13H16BrFN2O3/c1-3-16-13(19)8(2)17-12(18)7-20-11-5-4-9(15)6-10(11)14/h4-6,8H,3,7H2,1-2H3,(H,16,19)(H,17,18). The number of benzene rings is 1. The number of hydrogen-bond donors (Lipinski definition) is 2. The summed E-state index contributed by atoms with van der Waals surface area (Å²) < 4.78 is 18.5. The molecule has 0 spiro atoms. The first-order chi connectivity index (χ1) is 9.43. The van der Waals surface area contributed by atoms with Crippen LogP contribution in [0, 0.1) is 5.82 Å². The van der Waals surface area contributed by atoms with E-state index in [1.54, 1.807) is 13.8 Å². The highest BCUT2D eigenvalue weighted by Crippen LogP contribution is 2.25. The zero-order chi connectivity index (χ0) is 15.1. The van der Waals surface area contributed by atoms with Gasteiger partial charge in [0.2, 0.25) is 5.91 Å². The van der Waals surface area contributed by atoms with Gasteiger partial charge in [-0.2, -0.15) is 0 Å². The Kier molecular flexibility index (Phi) is 6.44. The number of nitrogens with one attached hydrogen (secondary N) is 2. The van der Waals surface area contributed by atoms with Crippen molar-refractivity contribution >= 4 is 27.7 Å². The highest BCUT2D eigenvalue weighted by Gasteiger charge is 2.15. The number of halogens is 2. The molecule has 2 amide bonds. The second-order valence-electron chi connectivity index (χ2n) is 4.05. The van der Waals surface area contributed by atoms with Gasteiger partial charge in [-0.3, -0.25) is 9.59 Å². The largest absolute Gasteiger partial charge is 0.483 e. The summed E-state index contributed by atoms with van der Waals surface area (Å²) >= 11 is 3.13. The van der Waals surface area contributed by atoms with Gasteiger partial charge < -0.3 is 15.4 Å². The van der Waals surface area contributed by atoms with E-state index < -0.39 is 17.8 Å². The summed E-state index contributed by atoms with van der Waals surface area (Å²) in [5.41, 5.74) is 0. The third-order valence-electron chi connectivity index (χ3n) is 2.37. The maximum atomic E-state index is 12.9. The van der Waals surface area contributed by atoms with E-state index in [9.17, 15) is 14.0 Å². The van der Waals surface area contributed by atoms with Crippen LogP contribution in [0.2, 0.25) is 0 Å². The molecule has 1 rings (SSSR count). The summed E-state index contributed by atoms with van der Waals surface area (Å²) in [6, 6.07) is 3.25. The molecule has 2 N–H and O–H groups in total. The van der Waals surface area contributed by atoms with Crippen LogP contribution in [0.1, 0.15) is 13.8 Å². The Morgan fingerprint density at radius 1 is 1.45 bits per heavy atom.